The minimum absolute atomic E-state index is 0. The molecule has 2 heterocycles. The highest BCUT2D eigenvalue weighted by Crippen LogP contribution is 2.46. The summed E-state index contributed by atoms with van der Waals surface area (Å²) in [5, 5.41) is 3.48. The van der Waals surface area contributed by atoms with Gasteiger partial charge in [-0.25, -0.2) is 0 Å². The molecule has 0 aromatic heterocycles. The average Bonchev–Trinajstić information content (AvgIpc) is 2.92. The maximum atomic E-state index is 13.0. The summed E-state index contributed by atoms with van der Waals surface area (Å²) in [6.45, 7) is 8.48. The van der Waals surface area contributed by atoms with Crippen LogP contribution in [0.2, 0.25) is 0 Å². The topological polar surface area (TPSA) is 32.3 Å². The molecule has 110 valence electrons. The molecule has 2 aliphatic heterocycles. The van der Waals surface area contributed by atoms with Crippen molar-refractivity contribution in [2.45, 2.75) is 46.0 Å². The molecule has 0 bridgehead atoms. The number of carbonyl (C=O) groups is 1. The molecule has 0 aromatic carbocycles. The molecule has 1 aliphatic carbocycles. The van der Waals surface area contributed by atoms with Crippen LogP contribution in [0.1, 0.15) is 46.0 Å². The van der Waals surface area contributed by atoms with Crippen LogP contribution in [-0.2, 0) is 4.79 Å². The normalized spacial score (nSPS) is 36.7. The molecule has 3 nitrogen and oxygen atoms in total. The number of nitrogens with zero attached hydrogens (tertiary/aromatic N) is 1. The van der Waals surface area contributed by atoms with Crippen LogP contribution in [0, 0.1) is 16.7 Å². The minimum Gasteiger partial charge on any atom is -0.342 e. The summed E-state index contributed by atoms with van der Waals surface area (Å²) in [6, 6.07) is 0. The molecule has 2 atom stereocenters. The Balaban J connectivity index is 0.00000133. The van der Waals surface area contributed by atoms with Gasteiger partial charge in [-0.2, -0.15) is 0 Å². The third-order valence-electron chi connectivity index (χ3n) is 5.43. The highest BCUT2D eigenvalue weighted by atomic mass is 35.5. The summed E-state index contributed by atoms with van der Waals surface area (Å²) in [4.78, 5) is 15.1. The molecule has 3 rings (SSSR count). The smallest absolute Gasteiger partial charge is 0.230 e. The molecule has 1 amide bonds. The van der Waals surface area contributed by atoms with Crippen molar-refractivity contribution in [3.05, 3.63) is 0 Å². The third-order valence-corrected chi connectivity index (χ3v) is 5.43. The molecule has 0 spiro atoms. The van der Waals surface area contributed by atoms with Crippen LogP contribution in [0.25, 0.3) is 0 Å². The summed E-state index contributed by atoms with van der Waals surface area (Å²) in [5.74, 6) is 1.06. The van der Waals surface area contributed by atoms with Gasteiger partial charge in [0.05, 0.1) is 5.41 Å². The Bertz CT molecular complexity index is 358. The van der Waals surface area contributed by atoms with E-state index in [2.05, 4.69) is 24.1 Å². The number of likely N-dealkylation sites (tertiary alicyclic amines) is 1. The van der Waals surface area contributed by atoms with Crippen molar-refractivity contribution in [3.63, 3.8) is 0 Å². The first-order valence-electron chi connectivity index (χ1n) is 7.54. The largest absolute Gasteiger partial charge is 0.342 e. The molecule has 3 fully saturated rings. The zero-order valence-electron chi connectivity index (χ0n) is 12.2. The number of fused-ring (bicyclic) bond motifs is 1. The van der Waals surface area contributed by atoms with E-state index in [9.17, 15) is 4.79 Å². The summed E-state index contributed by atoms with van der Waals surface area (Å²) in [6.07, 6.45) is 6.07. The number of hydrogen-bond acceptors (Lipinski definition) is 2. The van der Waals surface area contributed by atoms with Crippen LogP contribution in [0.4, 0.5) is 0 Å². The molecule has 1 saturated carbocycles. The molecule has 0 aromatic rings. The minimum atomic E-state index is -0.0430. The number of amides is 1. The van der Waals surface area contributed by atoms with Gasteiger partial charge in [-0.15, -0.1) is 12.4 Å². The molecular weight excluding hydrogens is 260 g/mol. The predicted molar refractivity (Wildman–Crippen MR) is 79.5 cm³/mol. The molecular formula is C15H27ClN2O. The summed E-state index contributed by atoms with van der Waals surface area (Å²) < 4.78 is 0. The van der Waals surface area contributed by atoms with Gasteiger partial charge in [0.1, 0.15) is 0 Å². The number of carbonyl (C=O) groups excluding carboxylic acids is 1. The van der Waals surface area contributed by atoms with Crippen molar-refractivity contribution in [2.75, 3.05) is 26.2 Å². The first-order valence-corrected chi connectivity index (χ1v) is 7.54. The standard InChI is InChI=1S/C15H26N2O.ClH/c1-14(2)7-8-17(11-14)13(18)15-6-4-3-5-12(15)9-16-10-15;/h12,16H,3-11H2,1-2H3;1H/t12-,15+;/m0./s1. The highest BCUT2D eigenvalue weighted by Gasteiger charge is 2.52. The van der Waals surface area contributed by atoms with Crippen LogP contribution in [0.3, 0.4) is 0 Å². The van der Waals surface area contributed by atoms with E-state index >= 15 is 0 Å². The molecule has 0 unspecified atom stereocenters. The van der Waals surface area contributed by atoms with Gasteiger partial charge >= 0.3 is 0 Å². The van der Waals surface area contributed by atoms with Gasteiger partial charge in [-0.3, -0.25) is 4.79 Å². The Morgan fingerprint density at radius 3 is 2.74 bits per heavy atom. The number of halogens is 1. The lowest BCUT2D eigenvalue weighted by Crippen LogP contribution is -2.49. The second-order valence-electron chi connectivity index (χ2n) is 7.37. The predicted octanol–water partition coefficient (Wildman–Crippen LogP) is 2.45. The Kier molecular flexibility index (Phi) is 4.18. The average molecular weight is 287 g/mol. The van der Waals surface area contributed by atoms with Gasteiger partial charge in [0.25, 0.3) is 0 Å². The van der Waals surface area contributed by atoms with E-state index in [0.29, 0.717) is 17.2 Å². The van der Waals surface area contributed by atoms with Crippen molar-refractivity contribution in [2.24, 2.45) is 16.7 Å². The van der Waals surface area contributed by atoms with E-state index in [1.807, 2.05) is 0 Å². The van der Waals surface area contributed by atoms with Gasteiger partial charge < -0.3 is 10.2 Å². The highest BCUT2D eigenvalue weighted by molar-refractivity contribution is 5.85. The quantitative estimate of drug-likeness (QED) is 0.803. The van der Waals surface area contributed by atoms with Gasteiger partial charge in [0.2, 0.25) is 5.91 Å². The summed E-state index contributed by atoms with van der Waals surface area (Å²) in [7, 11) is 0. The molecule has 0 radical (unpaired) electrons. The van der Waals surface area contributed by atoms with Gasteiger partial charge in [-0.05, 0) is 37.1 Å². The van der Waals surface area contributed by atoms with Crippen LogP contribution >= 0.6 is 12.4 Å². The lowest BCUT2D eigenvalue weighted by molar-refractivity contribution is -0.144. The number of rotatable bonds is 1. The maximum Gasteiger partial charge on any atom is 0.230 e. The zero-order valence-corrected chi connectivity index (χ0v) is 13.0. The van der Waals surface area contributed by atoms with Gasteiger partial charge in [-0.1, -0.05) is 26.7 Å². The van der Waals surface area contributed by atoms with Crippen LogP contribution < -0.4 is 5.32 Å². The summed E-state index contributed by atoms with van der Waals surface area (Å²) in [5.41, 5.74) is 0.279. The second-order valence-corrected chi connectivity index (χ2v) is 7.37. The van der Waals surface area contributed by atoms with Crippen LogP contribution in [0.15, 0.2) is 0 Å². The van der Waals surface area contributed by atoms with Gasteiger partial charge in [0, 0.05) is 19.6 Å². The molecule has 19 heavy (non-hydrogen) atoms. The molecule has 4 heteroatoms. The first kappa shape index (κ1) is 15.1. The van der Waals surface area contributed by atoms with E-state index in [4.69, 9.17) is 0 Å². The fraction of sp³-hybridized carbons (Fsp3) is 0.933. The summed E-state index contributed by atoms with van der Waals surface area (Å²) >= 11 is 0. The molecule has 1 N–H and O–H groups in total. The Morgan fingerprint density at radius 2 is 2.05 bits per heavy atom. The monoisotopic (exact) mass is 286 g/mol. The SMILES string of the molecule is CC1(C)CCN(C(=O)[C@@]23CCCC[C@H]2CNC3)C1.Cl. The Labute approximate surface area is 122 Å². The maximum absolute atomic E-state index is 13.0. The fourth-order valence-electron chi connectivity index (χ4n) is 4.27. The second kappa shape index (κ2) is 5.25. The van der Waals surface area contributed by atoms with E-state index in [1.54, 1.807) is 0 Å². The number of nitrogens with one attached hydrogen (secondary N) is 1. The Hall–Kier alpha value is -0.280. The number of hydrogen-bond donors (Lipinski definition) is 1. The van der Waals surface area contributed by atoms with E-state index < -0.39 is 0 Å². The van der Waals surface area contributed by atoms with Gasteiger partial charge in [0.15, 0.2) is 0 Å². The van der Waals surface area contributed by atoms with Crippen LogP contribution in [0.5, 0.6) is 0 Å². The lowest BCUT2D eigenvalue weighted by Gasteiger charge is -2.40. The van der Waals surface area contributed by atoms with E-state index in [1.165, 1.54) is 19.3 Å². The van der Waals surface area contributed by atoms with Crippen molar-refractivity contribution in [1.29, 1.82) is 0 Å². The van der Waals surface area contributed by atoms with Crippen molar-refractivity contribution >= 4 is 18.3 Å². The van der Waals surface area contributed by atoms with E-state index in [0.717, 1.165) is 39.0 Å². The third kappa shape index (κ3) is 2.52. The van der Waals surface area contributed by atoms with Crippen molar-refractivity contribution < 1.29 is 4.79 Å². The van der Waals surface area contributed by atoms with Crippen molar-refractivity contribution in [3.8, 4) is 0 Å². The molecule has 2 saturated heterocycles. The molecule has 3 aliphatic rings. The van der Waals surface area contributed by atoms with Crippen LogP contribution in [-0.4, -0.2) is 37.0 Å². The fourth-order valence-corrected chi connectivity index (χ4v) is 4.27. The Morgan fingerprint density at radius 1 is 1.26 bits per heavy atom. The lowest BCUT2D eigenvalue weighted by atomic mass is 9.67. The zero-order chi connectivity index (χ0) is 12.8. The van der Waals surface area contributed by atoms with Crippen molar-refractivity contribution in [1.82, 2.24) is 10.2 Å². The first-order chi connectivity index (χ1) is 8.54. The van der Waals surface area contributed by atoms with E-state index in [-0.39, 0.29) is 17.8 Å².